The van der Waals surface area contributed by atoms with Gasteiger partial charge in [0, 0.05) is 18.5 Å². The van der Waals surface area contributed by atoms with E-state index in [1.807, 2.05) is 6.08 Å². The van der Waals surface area contributed by atoms with E-state index in [1.165, 1.54) is 0 Å². The molecule has 0 aromatic heterocycles. The standard InChI is InChI=1S/C11H21NO2/c1-3-4-6-13-7-5-12-8-11(2)9-14-10-11/h3,12H,1,4-10H2,2H3. The van der Waals surface area contributed by atoms with Crippen molar-refractivity contribution in [3.8, 4) is 0 Å². The van der Waals surface area contributed by atoms with Crippen LogP contribution in [0.15, 0.2) is 12.7 Å². The van der Waals surface area contributed by atoms with Gasteiger partial charge in [-0.05, 0) is 6.42 Å². The summed E-state index contributed by atoms with van der Waals surface area (Å²) in [5, 5.41) is 3.37. The van der Waals surface area contributed by atoms with Crippen LogP contribution in [0.1, 0.15) is 13.3 Å². The van der Waals surface area contributed by atoms with E-state index in [-0.39, 0.29) is 0 Å². The highest BCUT2D eigenvalue weighted by molar-refractivity contribution is 4.82. The van der Waals surface area contributed by atoms with Crippen molar-refractivity contribution in [3.05, 3.63) is 12.7 Å². The first kappa shape index (κ1) is 11.7. The zero-order valence-corrected chi connectivity index (χ0v) is 9.05. The van der Waals surface area contributed by atoms with Gasteiger partial charge in [-0.3, -0.25) is 0 Å². The fraction of sp³-hybridized carbons (Fsp3) is 0.818. The minimum Gasteiger partial charge on any atom is -0.380 e. The second-order valence-corrected chi connectivity index (χ2v) is 4.17. The first-order chi connectivity index (χ1) is 6.77. The topological polar surface area (TPSA) is 30.5 Å². The lowest BCUT2D eigenvalue weighted by Gasteiger charge is -2.38. The van der Waals surface area contributed by atoms with Gasteiger partial charge in [0.2, 0.25) is 0 Å². The van der Waals surface area contributed by atoms with Crippen molar-refractivity contribution in [2.45, 2.75) is 13.3 Å². The van der Waals surface area contributed by atoms with Gasteiger partial charge in [0.15, 0.2) is 0 Å². The molecule has 82 valence electrons. The molecule has 1 saturated heterocycles. The molecule has 3 nitrogen and oxygen atoms in total. The number of hydrogen-bond acceptors (Lipinski definition) is 3. The van der Waals surface area contributed by atoms with Crippen molar-refractivity contribution in [1.82, 2.24) is 5.32 Å². The molecule has 0 amide bonds. The van der Waals surface area contributed by atoms with Crippen LogP contribution in [-0.4, -0.2) is 39.5 Å². The molecule has 0 radical (unpaired) electrons. The molecule has 1 aliphatic heterocycles. The van der Waals surface area contributed by atoms with Gasteiger partial charge < -0.3 is 14.8 Å². The van der Waals surface area contributed by atoms with E-state index in [0.717, 1.165) is 45.9 Å². The molecule has 1 fully saturated rings. The summed E-state index contributed by atoms with van der Waals surface area (Å²) in [4.78, 5) is 0. The van der Waals surface area contributed by atoms with Crippen molar-refractivity contribution in [1.29, 1.82) is 0 Å². The summed E-state index contributed by atoms with van der Waals surface area (Å²) in [5.41, 5.74) is 0.362. The van der Waals surface area contributed by atoms with Crippen LogP contribution in [0.25, 0.3) is 0 Å². The molecule has 0 atom stereocenters. The van der Waals surface area contributed by atoms with Crippen LogP contribution in [0.5, 0.6) is 0 Å². The molecule has 0 bridgehead atoms. The summed E-state index contributed by atoms with van der Waals surface area (Å²) in [6.45, 7) is 11.2. The zero-order chi connectivity index (χ0) is 10.3. The highest BCUT2D eigenvalue weighted by Gasteiger charge is 2.32. The molecule has 0 aromatic carbocycles. The maximum atomic E-state index is 5.38. The van der Waals surface area contributed by atoms with Gasteiger partial charge in [0.1, 0.15) is 0 Å². The maximum Gasteiger partial charge on any atom is 0.0591 e. The highest BCUT2D eigenvalue weighted by Crippen LogP contribution is 2.24. The predicted octanol–water partition coefficient (Wildman–Crippen LogP) is 1.21. The highest BCUT2D eigenvalue weighted by atomic mass is 16.5. The van der Waals surface area contributed by atoms with E-state index in [1.54, 1.807) is 0 Å². The summed E-state index contributed by atoms with van der Waals surface area (Å²) in [5.74, 6) is 0. The Kier molecular flexibility index (Phi) is 5.15. The van der Waals surface area contributed by atoms with Crippen LogP contribution in [0.4, 0.5) is 0 Å². The van der Waals surface area contributed by atoms with Crippen molar-refractivity contribution >= 4 is 0 Å². The van der Waals surface area contributed by atoms with Crippen LogP contribution < -0.4 is 5.32 Å². The molecule has 0 unspecified atom stereocenters. The summed E-state index contributed by atoms with van der Waals surface area (Å²) >= 11 is 0. The normalized spacial score (nSPS) is 18.9. The second kappa shape index (κ2) is 6.17. The average Bonchev–Trinajstić information content (AvgIpc) is 2.14. The van der Waals surface area contributed by atoms with Crippen LogP contribution in [0.3, 0.4) is 0 Å². The first-order valence-electron chi connectivity index (χ1n) is 5.24. The quantitative estimate of drug-likeness (QED) is 0.471. The van der Waals surface area contributed by atoms with E-state index in [9.17, 15) is 0 Å². The Morgan fingerprint density at radius 1 is 1.50 bits per heavy atom. The third kappa shape index (κ3) is 4.22. The summed E-state index contributed by atoms with van der Waals surface area (Å²) in [7, 11) is 0. The summed E-state index contributed by atoms with van der Waals surface area (Å²) in [6.07, 6.45) is 2.81. The number of hydrogen-bond donors (Lipinski definition) is 1. The Labute approximate surface area is 86.5 Å². The lowest BCUT2D eigenvalue weighted by Crippen LogP contribution is -2.47. The van der Waals surface area contributed by atoms with Gasteiger partial charge in [-0.1, -0.05) is 13.0 Å². The van der Waals surface area contributed by atoms with Gasteiger partial charge in [-0.2, -0.15) is 0 Å². The zero-order valence-electron chi connectivity index (χ0n) is 9.05. The smallest absolute Gasteiger partial charge is 0.0591 e. The summed E-state index contributed by atoms with van der Waals surface area (Å²) < 4.78 is 10.5. The molecule has 0 saturated carbocycles. The number of ether oxygens (including phenoxy) is 2. The SMILES string of the molecule is C=CCCOCCNCC1(C)COC1. The Morgan fingerprint density at radius 3 is 2.86 bits per heavy atom. The average molecular weight is 199 g/mol. The van der Waals surface area contributed by atoms with Crippen molar-refractivity contribution in [2.75, 3.05) is 39.5 Å². The molecule has 1 rings (SSSR count). The Balaban J connectivity index is 1.82. The van der Waals surface area contributed by atoms with Gasteiger partial charge >= 0.3 is 0 Å². The van der Waals surface area contributed by atoms with Crippen LogP contribution in [0, 0.1) is 5.41 Å². The molecular weight excluding hydrogens is 178 g/mol. The van der Waals surface area contributed by atoms with E-state index in [4.69, 9.17) is 9.47 Å². The van der Waals surface area contributed by atoms with E-state index < -0.39 is 0 Å². The molecule has 1 N–H and O–H groups in total. The third-order valence-electron chi connectivity index (χ3n) is 2.34. The molecule has 0 aliphatic carbocycles. The van der Waals surface area contributed by atoms with Crippen LogP contribution in [-0.2, 0) is 9.47 Å². The molecule has 14 heavy (non-hydrogen) atoms. The van der Waals surface area contributed by atoms with Crippen LogP contribution >= 0.6 is 0 Å². The maximum absolute atomic E-state index is 5.38. The fourth-order valence-electron chi connectivity index (χ4n) is 1.36. The van der Waals surface area contributed by atoms with Crippen molar-refractivity contribution in [3.63, 3.8) is 0 Å². The summed E-state index contributed by atoms with van der Waals surface area (Å²) in [6, 6.07) is 0. The molecule has 0 spiro atoms. The molecular formula is C11H21NO2. The Bertz CT molecular complexity index is 167. The minimum absolute atomic E-state index is 0.362. The Hall–Kier alpha value is -0.380. The molecule has 1 heterocycles. The van der Waals surface area contributed by atoms with E-state index in [0.29, 0.717) is 5.41 Å². The third-order valence-corrected chi connectivity index (χ3v) is 2.34. The minimum atomic E-state index is 0.362. The van der Waals surface area contributed by atoms with Crippen LogP contribution in [0.2, 0.25) is 0 Å². The predicted molar refractivity (Wildman–Crippen MR) is 57.4 cm³/mol. The lowest BCUT2D eigenvalue weighted by molar-refractivity contribution is -0.0993. The first-order valence-corrected chi connectivity index (χ1v) is 5.24. The molecule has 1 aliphatic rings. The van der Waals surface area contributed by atoms with E-state index >= 15 is 0 Å². The van der Waals surface area contributed by atoms with E-state index in [2.05, 4.69) is 18.8 Å². The van der Waals surface area contributed by atoms with Gasteiger partial charge in [0.05, 0.1) is 26.4 Å². The largest absolute Gasteiger partial charge is 0.380 e. The molecule has 3 heteroatoms. The number of nitrogens with one attached hydrogen (secondary N) is 1. The Morgan fingerprint density at radius 2 is 2.29 bits per heavy atom. The van der Waals surface area contributed by atoms with Crippen molar-refractivity contribution < 1.29 is 9.47 Å². The van der Waals surface area contributed by atoms with Gasteiger partial charge in [-0.25, -0.2) is 0 Å². The fourth-order valence-corrected chi connectivity index (χ4v) is 1.36. The second-order valence-electron chi connectivity index (χ2n) is 4.17. The van der Waals surface area contributed by atoms with Gasteiger partial charge in [0.25, 0.3) is 0 Å². The number of rotatable bonds is 8. The lowest BCUT2D eigenvalue weighted by atomic mass is 9.89. The van der Waals surface area contributed by atoms with Crippen molar-refractivity contribution in [2.24, 2.45) is 5.41 Å². The van der Waals surface area contributed by atoms with Gasteiger partial charge in [-0.15, -0.1) is 6.58 Å². The molecule has 0 aromatic rings. The monoisotopic (exact) mass is 199 g/mol.